The van der Waals surface area contributed by atoms with E-state index < -0.39 is 6.10 Å². The van der Waals surface area contributed by atoms with Gasteiger partial charge in [0.15, 0.2) is 5.82 Å². The number of aliphatic hydroxyl groups excluding tert-OH is 1. The first-order valence-corrected chi connectivity index (χ1v) is 7.21. The van der Waals surface area contributed by atoms with Gasteiger partial charge in [0.2, 0.25) is 0 Å². The molecule has 112 valence electrons. The molecule has 1 unspecified atom stereocenters. The fourth-order valence-corrected chi connectivity index (χ4v) is 2.68. The Morgan fingerprint density at radius 3 is 2.52 bits per heavy atom. The number of rotatable bonds is 2. The molecule has 0 radical (unpaired) electrons. The third-order valence-electron chi connectivity index (χ3n) is 3.92. The highest BCUT2D eigenvalue weighted by atomic mass is 16.3. The summed E-state index contributed by atoms with van der Waals surface area (Å²) in [5.74, 6) is 0.406. The van der Waals surface area contributed by atoms with Crippen molar-refractivity contribution in [1.82, 2.24) is 14.6 Å². The molecular weight excluding hydrogens is 268 g/mol. The summed E-state index contributed by atoms with van der Waals surface area (Å²) in [7, 11) is 2.06. The number of hydrogen-bond acceptors (Lipinski definition) is 5. The SMILES string of the molecule is CC(O)c1nc2ccccc2c(=O)n1N1CCN(C)CC1. The number of aromatic nitrogens is 2. The first kappa shape index (κ1) is 14.0. The molecule has 3 rings (SSSR count). The van der Waals surface area contributed by atoms with E-state index in [1.165, 1.54) is 0 Å². The van der Waals surface area contributed by atoms with E-state index in [0.29, 0.717) is 16.7 Å². The Bertz CT molecular complexity index is 702. The number of fused-ring (bicyclic) bond motifs is 1. The summed E-state index contributed by atoms with van der Waals surface area (Å²) in [6.45, 7) is 4.91. The van der Waals surface area contributed by atoms with Crippen molar-refractivity contribution in [2.75, 3.05) is 38.2 Å². The maximum absolute atomic E-state index is 12.8. The molecule has 2 aromatic rings. The lowest BCUT2D eigenvalue weighted by molar-refractivity contribution is 0.177. The van der Waals surface area contributed by atoms with Crippen molar-refractivity contribution in [1.29, 1.82) is 0 Å². The minimum absolute atomic E-state index is 0.110. The van der Waals surface area contributed by atoms with Crippen LogP contribution < -0.4 is 10.6 Å². The van der Waals surface area contributed by atoms with E-state index in [1.54, 1.807) is 23.7 Å². The van der Waals surface area contributed by atoms with Crippen molar-refractivity contribution in [3.05, 3.63) is 40.4 Å². The smallest absolute Gasteiger partial charge is 0.280 e. The fraction of sp³-hybridized carbons (Fsp3) is 0.467. The minimum atomic E-state index is -0.790. The van der Waals surface area contributed by atoms with Crippen molar-refractivity contribution < 1.29 is 5.11 Å². The Morgan fingerprint density at radius 1 is 1.19 bits per heavy atom. The Labute approximate surface area is 123 Å². The molecule has 6 heteroatoms. The van der Waals surface area contributed by atoms with E-state index in [1.807, 2.05) is 17.1 Å². The van der Waals surface area contributed by atoms with Crippen LogP contribution >= 0.6 is 0 Å². The average molecular weight is 288 g/mol. The first-order chi connectivity index (χ1) is 10.1. The van der Waals surface area contributed by atoms with Crippen molar-refractivity contribution >= 4 is 10.9 Å². The van der Waals surface area contributed by atoms with Crippen LogP contribution in [0.25, 0.3) is 10.9 Å². The third kappa shape index (κ3) is 2.52. The van der Waals surface area contributed by atoms with E-state index in [4.69, 9.17) is 0 Å². The zero-order chi connectivity index (χ0) is 15.0. The Morgan fingerprint density at radius 2 is 1.86 bits per heavy atom. The molecule has 1 aliphatic heterocycles. The zero-order valence-corrected chi connectivity index (χ0v) is 12.4. The molecule has 0 bridgehead atoms. The third-order valence-corrected chi connectivity index (χ3v) is 3.92. The highest BCUT2D eigenvalue weighted by Crippen LogP contribution is 2.14. The second kappa shape index (κ2) is 5.46. The topological polar surface area (TPSA) is 61.6 Å². The number of piperazine rings is 1. The summed E-state index contributed by atoms with van der Waals surface area (Å²) in [6.07, 6.45) is -0.790. The zero-order valence-electron chi connectivity index (χ0n) is 12.4. The predicted molar refractivity (Wildman–Crippen MR) is 82.1 cm³/mol. The summed E-state index contributed by atoms with van der Waals surface area (Å²) >= 11 is 0. The predicted octanol–water partition coefficient (Wildman–Crippen LogP) is 0.333. The lowest BCUT2D eigenvalue weighted by atomic mass is 10.2. The maximum Gasteiger partial charge on any atom is 0.280 e. The number of likely N-dealkylation sites (N-methyl/N-ethyl adjacent to an activating group) is 1. The van der Waals surface area contributed by atoms with Crippen molar-refractivity contribution in [3.63, 3.8) is 0 Å². The van der Waals surface area contributed by atoms with Gasteiger partial charge in [0.05, 0.1) is 10.9 Å². The van der Waals surface area contributed by atoms with Gasteiger partial charge in [-0.25, -0.2) is 9.66 Å². The number of aliphatic hydroxyl groups is 1. The van der Waals surface area contributed by atoms with E-state index in [9.17, 15) is 9.90 Å². The molecule has 1 fully saturated rings. The second-order valence-electron chi connectivity index (χ2n) is 5.54. The molecule has 0 spiro atoms. The maximum atomic E-state index is 12.8. The summed E-state index contributed by atoms with van der Waals surface area (Å²) in [5.41, 5.74) is 0.518. The van der Waals surface area contributed by atoms with Crippen LogP contribution in [0.1, 0.15) is 18.9 Å². The lowest BCUT2D eigenvalue weighted by Crippen LogP contribution is -2.54. The number of benzene rings is 1. The molecule has 1 N–H and O–H groups in total. The van der Waals surface area contributed by atoms with Gasteiger partial charge >= 0.3 is 0 Å². The molecule has 21 heavy (non-hydrogen) atoms. The van der Waals surface area contributed by atoms with E-state index in [-0.39, 0.29) is 5.56 Å². The summed E-state index contributed by atoms with van der Waals surface area (Å²) in [6, 6.07) is 7.27. The number of para-hydroxylation sites is 1. The van der Waals surface area contributed by atoms with Crippen LogP contribution in [-0.4, -0.2) is 52.9 Å². The molecule has 1 aliphatic rings. The molecule has 1 saturated heterocycles. The van der Waals surface area contributed by atoms with Gasteiger partial charge in [-0.2, -0.15) is 0 Å². The van der Waals surface area contributed by atoms with E-state index >= 15 is 0 Å². The van der Waals surface area contributed by atoms with Gasteiger partial charge in [-0.15, -0.1) is 0 Å². The van der Waals surface area contributed by atoms with Gasteiger partial charge < -0.3 is 15.0 Å². The van der Waals surface area contributed by atoms with Crippen molar-refractivity contribution in [2.24, 2.45) is 0 Å². The van der Waals surface area contributed by atoms with Crippen LogP contribution in [0.5, 0.6) is 0 Å². The van der Waals surface area contributed by atoms with E-state index in [0.717, 1.165) is 26.2 Å². The molecule has 2 heterocycles. The van der Waals surface area contributed by atoms with Gasteiger partial charge in [-0.3, -0.25) is 4.79 Å². The van der Waals surface area contributed by atoms with Gasteiger partial charge in [0, 0.05) is 26.2 Å². The van der Waals surface area contributed by atoms with Crippen LogP contribution in [0.15, 0.2) is 29.1 Å². The summed E-state index contributed by atoms with van der Waals surface area (Å²) < 4.78 is 1.56. The van der Waals surface area contributed by atoms with Crippen LogP contribution in [0, 0.1) is 0 Å². The second-order valence-corrected chi connectivity index (χ2v) is 5.54. The largest absolute Gasteiger partial charge is 0.385 e. The Hall–Kier alpha value is -1.92. The molecular formula is C15H20N4O2. The van der Waals surface area contributed by atoms with Crippen LogP contribution in [0.4, 0.5) is 0 Å². The number of nitrogens with zero attached hydrogens (tertiary/aromatic N) is 4. The quantitative estimate of drug-likeness (QED) is 0.863. The minimum Gasteiger partial charge on any atom is -0.385 e. The van der Waals surface area contributed by atoms with E-state index in [2.05, 4.69) is 16.9 Å². The average Bonchev–Trinajstić information content (AvgIpc) is 2.48. The number of hydrogen-bond donors (Lipinski definition) is 1. The highest BCUT2D eigenvalue weighted by Gasteiger charge is 2.22. The normalized spacial score (nSPS) is 18.1. The molecule has 1 aromatic heterocycles. The van der Waals surface area contributed by atoms with Gasteiger partial charge in [0.25, 0.3) is 5.56 Å². The van der Waals surface area contributed by atoms with Gasteiger partial charge in [-0.05, 0) is 26.1 Å². The molecule has 1 aromatic carbocycles. The Kier molecular flexibility index (Phi) is 3.65. The molecule has 6 nitrogen and oxygen atoms in total. The fourth-order valence-electron chi connectivity index (χ4n) is 2.68. The molecule has 0 aliphatic carbocycles. The highest BCUT2D eigenvalue weighted by molar-refractivity contribution is 5.77. The summed E-state index contributed by atoms with van der Waals surface area (Å²) in [4.78, 5) is 19.5. The molecule has 0 saturated carbocycles. The molecule has 0 amide bonds. The van der Waals surface area contributed by atoms with Crippen LogP contribution in [-0.2, 0) is 0 Å². The van der Waals surface area contributed by atoms with Gasteiger partial charge in [0.1, 0.15) is 6.10 Å². The van der Waals surface area contributed by atoms with Crippen molar-refractivity contribution in [2.45, 2.75) is 13.0 Å². The summed E-state index contributed by atoms with van der Waals surface area (Å²) in [5, 5.41) is 12.6. The Balaban J connectivity index is 2.17. The van der Waals surface area contributed by atoms with Crippen molar-refractivity contribution in [3.8, 4) is 0 Å². The standard InChI is InChI=1S/C15H20N4O2/c1-11(20)14-16-13-6-4-3-5-12(13)15(21)19(14)18-9-7-17(2)8-10-18/h3-6,11,20H,7-10H2,1-2H3. The molecule has 1 atom stereocenters. The van der Waals surface area contributed by atoms with Gasteiger partial charge in [-0.1, -0.05) is 12.1 Å². The first-order valence-electron chi connectivity index (χ1n) is 7.21. The van der Waals surface area contributed by atoms with Crippen LogP contribution in [0.2, 0.25) is 0 Å². The monoisotopic (exact) mass is 288 g/mol. The van der Waals surface area contributed by atoms with Crippen LogP contribution in [0.3, 0.4) is 0 Å². The lowest BCUT2D eigenvalue weighted by Gasteiger charge is -2.36.